The highest BCUT2D eigenvalue weighted by atomic mass is 32.2. The summed E-state index contributed by atoms with van der Waals surface area (Å²) in [5, 5.41) is 13.3. The van der Waals surface area contributed by atoms with Gasteiger partial charge in [0.1, 0.15) is 5.25 Å². The molecule has 0 aromatic rings. The first-order chi connectivity index (χ1) is 10.0. The normalized spacial score (nSPS) is 26.8. The van der Waals surface area contributed by atoms with Gasteiger partial charge in [0, 0.05) is 25.3 Å². The average Bonchev–Trinajstić information content (AvgIpc) is 3.05. The van der Waals surface area contributed by atoms with Gasteiger partial charge in [-0.1, -0.05) is 11.8 Å². The molecule has 116 valence electrons. The summed E-state index contributed by atoms with van der Waals surface area (Å²) in [6, 6.07) is 0. The number of hydrogen-bond donors (Lipinski definition) is 2. The van der Waals surface area contributed by atoms with Crippen LogP contribution in [-0.2, 0) is 14.3 Å². The first-order valence-corrected chi connectivity index (χ1v) is 7.87. The summed E-state index contributed by atoms with van der Waals surface area (Å²) in [6.07, 6.45) is 2.26. The van der Waals surface area contributed by atoms with Crippen molar-refractivity contribution < 1.29 is 14.3 Å². The number of carbonyl (C=O) groups is 2. The molecule has 0 aliphatic carbocycles. The summed E-state index contributed by atoms with van der Waals surface area (Å²) in [5.74, 6) is -0.343. The number of amides is 2. The molecule has 8 heteroatoms. The zero-order valence-electron chi connectivity index (χ0n) is 12.2. The molecule has 0 aromatic carbocycles. The van der Waals surface area contributed by atoms with E-state index in [-0.39, 0.29) is 24.3 Å². The van der Waals surface area contributed by atoms with Gasteiger partial charge in [-0.15, -0.1) is 5.10 Å². The lowest BCUT2D eigenvalue weighted by Gasteiger charge is -2.11. The minimum Gasteiger partial charge on any atom is -0.376 e. The van der Waals surface area contributed by atoms with Gasteiger partial charge in [-0.2, -0.15) is 5.10 Å². The molecular weight excluding hydrogens is 292 g/mol. The van der Waals surface area contributed by atoms with Crippen LogP contribution in [0.25, 0.3) is 0 Å². The molecule has 2 N–H and O–H groups in total. The topological polar surface area (TPSA) is 92.2 Å². The average molecular weight is 312 g/mol. The molecule has 0 spiro atoms. The minimum absolute atomic E-state index is 0.109. The van der Waals surface area contributed by atoms with Gasteiger partial charge >= 0.3 is 0 Å². The van der Waals surface area contributed by atoms with Crippen LogP contribution in [0.3, 0.4) is 0 Å². The molecule has 0 unspecified atom stereocenters. The fourth-order valence-electron chi connectivity index (χ4n) is 2.01. The SMILES string of the molecule is CC(C)=N/N=C1\NC(=O)[C@@H](CC(=O)NC[C@H]2CCCO2)S1. The fraction of sp³-hybridized carbons (Fsp3) is 0.692. The predicted molar refractivity (Wildman–Crippen MR) is 82.3 cm³/mol. The summed E-state index contributed by atoms with van der Waals surface area (Å²) >= 11 is 1.24. The highest BCUT2D eigenvalue weighted by Crippen LogP contribution is 2.22. The Balaban J connectivity index is 1.77. The van der Waals surface area contributed by atoms with E-state index in [0.717, 1.165) is 25.2 Å². The summed E-state index contributed by atoms with van der Waals surface area (Å²) < 4.78 is 5.43. The summed E-state index contributed by atoms with van der Waals surface area (Å²) in [7, 11) is 0. The molecule has 0 radical (unpaired) electrons. The second-order valence-electron chi connectivity index (χ2n) is 5.19. The molecular formula is C13H20N4O3S. The van der Waals surface area contributed by atoms with Crippen molar-refractivity contribution in [1.29, 1.82) is 0 Å². The molecule has 0 aromatic heterocycles. The van der Waals surface area contributed by atoms with Crippen molar-refractivity contribution >= 4 is 34.5 Å². The molecule has 2 amide bonds. The van der Waals surface area contributed by atoms with Crippen molar-refractivity contribution in [2.75, 3.05) is 13.2 Å². The summed E-state index contributed by atoms with van der Waals surface area (Å²) in [5.41, 5.74) is 0.801. The van der Waals surface area contributed by atoms with Gasteiger partial charge in [-0.3, -0.25) is 9.59 Å². The first-order valence-electron chi connectivity index (χ1n) is 6.99. The Labute approximate surface area is 128 Å². The van der Waals surface area contributed by atoms with E-state index in [4.69, 9.17) is 4.74 Å². The van der Waals surface area contributed by atoms with Crippen molar-refractivity contribution in [3.05, 3.63) is 0 Å². The number of hydrogen-bond acceptors (Lipinski definition) is 6. The number of nitrogens with zero attached hydrogens (tertiary/aromatic N) is 2. The Kier molecular flexibility index (Phi) is 5.75. The van der Waals surface area contributed by atoms with Crippen LogP contribution >= 0.6 is 11.8 Å². The highest BCUT2D eigenvalue weighted by molar-refractivity contribution is 8.15. The molecule has 2 rings (SSSR count). The van der Waals surface area contributed by atoms with Gasteiger partial charge in [-0.05, 0) is 26.7 Å². The van der Waals surface area contributed by atoms with Gasteiger partial charge in [0.25, 0.3) is 0 Å². The number of thioether (sulfide) groups is 1. The maximum Gasteiger partial charge on any atom is 0.240 e. The standard InChI is InChI=1S/C13H20N4O3S/c1-8(2)16-17-13-15-12(19)10(21-13)6-11(18)14-7-9-4-3-5-20-9/h9-10H,3-7H2,1-2H3,(H,14,18)(H,15,17,19)/t9-,10-/m1/s1. The summed E-state index contributed by atoms with van der Waals surface area (Å²) in [4.78, 5) is 23.6. The zero-order chi connectivity index (χ0) is 15.2. The fourth-order valence-corrected chi connectivity index (χ4v) is 2.92. The van der Waals surface area contributed by atoms with E-state index in [1.54, 1.807) is 0 Å². The van der Waals surface area contributed by atoms with Crippen LogP contribution in [0.1, 0.15) is 33.1 Å². The monoisotopic (exact) mass is 312 g/mol. The van der Waals surface area contributed by atoms with E-state index in [1.807, 2.05) is 13.8 Å². The van der Waals surface area contributed by atoms with E-state index >= 15 is 0 Å². The van der Waals surface area contributed by atoms with Crippen LogP contribution in [0.2, 0.25) is 0 Å². The Morgan fingerprint density at radius 2 is 2.33 bits per heavy atom. The van der Waals surface area contributed by atoms with Gasteiger partial charge in [0.05, 0.1) is 6.10 Å². The molecule has 2 aliphatic heterocycles. The molecule has 7 nitrogen and oxygen atoms in total. The third-order valence-corrected chi connectivity index (χ3v) is 4.11. The molecule has 0 saturated carbocycles. The molecule has 2 fully saturated rings. The van der Waals surface area contributed by atoms with Gasteiger partial charge in [0.2, 0.25) is 11.8 Å². The molecule has 2 heterocycles. The number of nitrogens with one attached hydrogen (secondary N) is 2. The van der Waals surface area contributed by atoms with Crippen LogP contribution in [0.5, 0.6) is 0 Å². The zero-order valence-corrected chi connectivity index (χ0v) is 13.0. The van der Waals surface area contributed by atoms with Crippen LogP contribution in [0.4, 0.5) is 0 Å². The van der Waals surface area contributed by atoms with E-state index in [2.05, 4.69) is 20.8 Å². The molecule has 2 saturated heterocycles. The van der Waals surface area contributed by atoms with Crippen LogP contribution in [-0.4, -0.2) is 47.2 Å². The third kappa shape index (κ3) is 5.13. The predicted octanol–water partition coefficient (Wildman–Crippen LogP) is 0.655. The van der Waals surface area contributed by atoms with Crippen LogP contribution in [0.15, 0.2) is 10.2 Å². The van der Waals surface area contributed by atoms with Gasteiger partial charge < -0.3 is 15.4 Å². The second kappa shape index (κ2) is 7.56. The molecule has 2 atom stereocenters. The first kappa shape index (κ1) is 16.0. The van der Waals surface area contributed by atoms with E-state index in [1.165, 1.54) is 11.8 Å². The van der Waals surface area contributed by atoms with Crippen molar-refractivity contribution in [2.24, 2.45) is 10.2 Å². The Bertz CT molecular complexity index is 468. The number of amidine groups is 1. The lowest BCUT2D eigenvalue weighted by molar-refractivity contribution is -0.125. The van der Waals surface area contributed by atoms with Gasteiger partial charge in [-0.25, -0.2) is 0 Å². The maximum atomic E-state index is 11.8. The molecule has 21 heavy (non-hydrogen) atoms. The number of ether oxygens (including phenoxy) is 1. The van der Waals surface area contributed by atoms with Crippen LogP contribution < -0.4 is 10.6 Å². The molecule has 2 aliphatic rings. The minimum atomic E-state index is -0.444. The Hall–Kier alpha value is -1.41. The Morgan fingerprint density at radius 1 is 1.52 bits per heavy atom. The smallest absolute Gasteiger partial charge is 0.240 e. The van der Waals surface area contributed by atoms with Gasteiger partial charge in [0.15, 0.2) is 5.17 Å². The summed E-state index contributed by atoms with van der Waals surface area (Å²) in [6.45, 7) is 4.92. The molecule has 0 bridgehead atoms. The van der Waals surface area contributed by atoms with Crippen LogP contribution in [0, 0.1) is 0 Å². The lowest BCUT2D eigenvalue weighted by Crippen LogP contribution is -2.35. The third-order valence-electron chi connectivity index (χ3n) is 3.04. The lowest BCUT2D eigenvalue weighted by atomic mass is 10.2. The van der Waals surface area contributed by atoms with Crippen molar-refractivity contribution in [2.45, 2.75) is 44.5 Å². The van der Waals surface area contributed by atoms with Crippen molar-refractivity contribution in [1.82, 2.24) is 10.6 Å². The number of carbonyl (C=O) groups excluding carboxylic acids is 2. The maximum absolute atomic E-state index is 11.8. The highest BCUT2D eigenvalue weighted by Gasteiger charge is 2.32. The quantitative estimate of drug-likeness (QED) is 0.576. The van der Waals surface area contributed by atoms with Crippen molar-refractivity contribution in [3.8, 4) is 0 Å². The second-order valence-corrected chi connectivity index (χ2v) is 6.38. The van der Waals surface area contributed by atoms with E-state index in [9.17, 15) is 9.59 Å². The Morgan fingerprint density at radius 3 is 3.00 bits per heavy atom. The van der Waals surface area contributed by atoms with E-state index < -0.39 is 5.25 Å². The van der Waals surface area contributed by atoms with Crippen molar-refractivity contribution in [3.63, 3.8) is 0 Å². The van der Waals surface area contributed by atoms with E-state index in [0.29, 0.717) is 11.7 Å². The number of rotatable bonds is 5. The largest absolute Gasteiger partial charge is 0.376 e.